The number of benzene rings is 1. The Hall–Kier alpha value is -2.19. The molecule has 1 atom stereocenters. The summed E-state index contributed by atoms with van der Waals surface area (Å²) >= 11 is 0. The molecule has 2 aromatic rings. The van der Waals surface area contributed by atoms with Gasteiger partial charge in [-0.2, -0.15) is 4.31 Å². The van der Waals surface area contributed by atoms with Crippen LogP contribution in [0.3, 0.4) is 0 Å². The van der Waals surface area contributed by atoms with Gasteiger partial charge in [0.25, 0.3) is 0 Å². The molecule has 1 aromatic carbocycles. The fraction of sp³-hybridized carbons (Fsp3) is 0.500. The third-order valence-electron chi connectivity index (χ3n) is 4.82. The molecule has 0 fully saturated rings. The van der Waals surface area contributed by atoms with Crippen molar-refractivity contribution in [1.29, 1.82) is 0 Å². The Kier molecular flexibility index (Phi) is 5.63. The van der Waals surface area contributed by atoms with Crippen LogP contribution in [0.15, 0.2) is 29.3 Å². The fourth-order valence-electron chi connectivity index (χ4n) is 3.70. The molecule has 1 aromatic heterocycles. The highest BCUT2D eigenvalue weighted by atomic mass is 32.2. The highest BCUT2D eigenvalue weighted by Gasteiger charge is 2.35. The van der Waals surface area contributed by atoms with E-state index in [1.165, 1.54) is 4.31 Å². The summed E-state index contributed by atoms with van der Waals surface area (Å²) in [5, 5.41) is 2.85. The van der Waals surface area contributed by atoms with Crippen molar-refractivity contribution in [3.05, 3.63) is 47.0 Å². The minimum atomic E-state index is -3.63. The molecule has 0 aliphatic carbocycles. The number of amides is 1. The van der Waals surface area contributed by atoms with Crippen LogP contribution in [0.1, 0.15) is 49.5 Å². The van der Waals surface area contributed by atoms with Gasteiger partial charge >= 0.3 is 0 Å². The number of carbonyl (C=O) groups is 1. The molecule has 0 radical (unpaired) electrons. The smallest absolute Gasteiger partial charge is 0.243 e. The van der Waals surface area contributed by atoms with Crippen LogP contribution in [0.4, 0.5) is 0 Å². The van der Waals surface area contributed by atoms with Crippen molar-refractivity contribution >= 4 is 15.9 Å². The van der Waals surface area contributed by atoms with Crippen LogP contribution in [0.5, 0.6) is 0 Å². The molecule has 28 heavy (non-hydrogen) atoms. The molecule has 2 heterocycles. The van der Waals surface area contributed by atoms with Crippen LogP contribution in [0, 0.1) is 13.8 Å². The van der Waals surface area contributed by atoms with E-state index in [4.69, 9.17) is 0 Å². The van der Waals surface area contributed by atoms with E-state index in [0.717, 1.165) is 11.1 Å². The van der Waals surface area contributed by atoms with Crippen molar-refractivity contribution in [2.24, 2.45) is 0 Å². The van der Waals surface area contributed by atoms with E-state index in [-0.39, 0.29) is 18.4 Å². The zero-order chi connectivity index (χ0) is 20.6. The molecule has 1 unspecified atom stereocenters. The molecule has 152 valence electrons. The highest BCUT2D eigenvalue weighted by molar-refractivity contribution is 7.89. The van der Waals surface area contributed by atoms with Gasteiger partial charge in [0.2, 0.25) is 15.9 Å². The Morgan fingerprint density at radius 2 is 1.86 bits per heavy atom. The van der Waals surface area contributed by atoms with Crippen LogP contribution in [-0.2, 0) is 27.8 Å². The number of sulfonamides is 1. The molecule has 1 aliphatic heterocycles. The third kappa shape index (κ3) is 4.12. The molecule has 7 nitrogen and oxygen atoms in total. The van der Waals surface area contributed by atoms with Crippen molar-refractivity contribution in [2.45, 2.75) is 64.6 Å². The Bertz CT molecular complexity index is 975. The van der Waals surface area contributed by atoms with Gasteiger partial charge in [0, 0.05) is 25.3 Å². The van der Waals surface area contributed by atoms with Crippen molar-refractivity contribution in [3.63, 3.8) is 0 Å². The van der Waals surface area contributed by atoms with Gasteiger partial charge in [0.05, 0.1) is 23.1 Å². The summed E-state index contributed by atoms with van der Waals surface area (Å²) in [5.41, 5.74) is 2.50. The number of hydrogen-bond donors (Lipinski definition) is 1. The number of nitrogens with one attached hydrogen (secondary N) is 1. The lowest BCUT2D eigenvalue weighted by Gasteiger charge is -2.32. The van der Waals surface area contributed by atoms with E-state index in [2.05, 4.69) is 10.3 Å². The van der Waals surface area contributed by atoms with Crippen molar-refractivity contribution in [2.75, 3.05) is 6.54 Å². The molecule has 8 heteroatoms. The lowest BCUT2D eigenvalue weighted by Crippen LogP contribution is -2.41. The predicted octanol–water partition coefficient (Wildman–Crippen LogP) is 2.33. The lowest BCUT2D eigenvalue weighted by molar-refractivity contribution is -0.120. The minimum Gasteiger partial charge on any atom is -0.354 e. The van der Waals surface area contributed by atoms with E-state index in [1.54, 1.807) is 12.1 Å². The average Bonchev–Trinajstić information content (AvgIpc) is 2.96. The molecule has 0 saturated heterocycles. The molecular formula is C20H28N4O3S. The summed E-state index contributed by atoms with van der Waals surface area (Å²) in [7, 11) is -3.63. The number of imidazole rings is 1. The standard InChI is InChI=1S/C20H28N4O3S/c1-13(2)21-19(25)11-17-12-23-6-7-24(16(5)20(23)22-17)28(26,27)18-9-14(3)8-15(4)10-18/h8-10,12-13,16H,6-7,11H2,1-5H3,(H,21,25). The van der Waals surface area contributed by atoms with E-state index >= 15 is 0 Å². The van der Waals surface area contributed by atoms with Gasteiger partial charge in [0.1, 0.15) is 5.82 Å². The Morgan fingerprint density at radius 3 is 2.46 bits per heavy atom. The molecule has 1 amide bonds. The number of rotatable bonds is 5. The first-order chi connectivity index (χ1) is 13.1. The number of nitrogens with zero attached hydrogens (tertiary/aromatic N) is 3. The quantitative estimate of drug-likeness (QED) is 0.829. The van der Waals surface area contributed by atoms with Crippen LogP contribution >= 0.6 is 0 Å². The van der Waals surface area contributed by atoms with E-state index in [0.29, 0.717) is 29.5 Å². The SMILES string of the molecule is Cc1cc(C)cc(S(=O)(=O)N2CCn3cc(CC(=O)NC(C)C)nc3C2C)c1. The molecule has 0 bridgehead atoms. The maximum atomic E-state index is 13.2. The van der Waals surface area contributed by atoms with Gasteiger partial charge in [-0.05, 0) is 57.9 Å². The number of aromatic nitrogens is 2. The molecule has 0 saturated carbocycles. The van der Waals surface area contributed by atoms with Gasteiger partial charge in [-0.15, -0.1) is 0 Å². The zero-order valence-corrected chi connectivity index (χ0v) is 17.9. The monoisotopic (exact) mass is 404 g/mol. The fourth-order valence-corrected chi connectivity index (χ4v) is 5.47. The minimum absolute atomic E-state index is 0.0714. The molecule has 1 aliphatic rings. The first-order valence-electron chi connectivity index (χ1n) is 9.53. The van der Waals surface area contributed by atoms with Gasteiger partial charge in [-0.3, -0.25) is 4.79 Å². The summed E-state index contributed by atoms with van der Waals surface area (Å²) in [6.07, 6.45) is 2.04. The van der Waals surface area contributed by atoms with Gasteiger partial charge in [-0.1, -0.05) is 6.07 Å². The second kappa shape index (κ2) is 7.67. The Morgan fingerprint density at radius 1 is 1.21 bits per heavy atom. The maximum Gasteiger partial charge on any atom is 0.243 e. The first kappa shape index (κ1) is 20.5. The van der Waals surface area contributed by atoms with Gasteiger partial charge < -0.3 is 9.88 Å². The van der Waals surface area contributed by atoms with Crippen LogP contribution in [-0.4, -0.2) is 40.8 Å². The largest absolute Gasteiger partial charge is 0.354 e. The zero-order valence-electron chi connectivity index (χ0n) is 17.1. The van der Waals surface area contributed by atoms with E-state index in [1.807, 2.05) is 51.4 Å². The number of aryl methyl sites for hydroxylation is 2. The summed E-state index contributed by atoms with van der Waals surface area (Å²) in [4.78, 5) is 16.9. The number of carbonyl (C=O) groups excluding carboxylic acids is 1. The summed E-state index contributed by atoms with van der Waals surface area (Å²) in [6.45, 7) is 10.3. The second-order valence-electron chi connectivity index (χ2n) is 7.80. The second-order valence-corrected chi connectivity index (χ2v) is 9.69. The summed E-state index contributed by atoms with van der Waals surface area (Å²) in [6, 6.07) is 5.04. The third-order valence-corrected chi connectivity index (χ3v) is 6.77. The van der Waals surface area contributed by atoms with Crippen molar-refractivity contribution in [1.82, 2.24) is 19.2 Å². The van der Waals surface area contributed by atoms with Crippen LogP contribution in [0.25, 0.3) is 0 Å². The Labute approximate surface area is 166 Å². The Balaban J connectivity index is 1.86. The number of fused-ring (bicyclic) bond motifs is 1. The topological polar surface area (TPSA) is 84.3 Å². The van der Waals surface area contributed by atoms with Gasteiger partial charge in [0.15, 0.2) is 0 Å². The van der Waals surface area contributed by atoms with Crippen molar-refractivity contribution in [3.8, 4) is 0 Å². The average molecular weight is 405 g/mol. The normalized spacial score (nSPS) is 17.6. The predicted molar refractivity (Wildman–Crippen MR) is 107 cm³/mol. The van der Waals surface area contributed by atoms with Gasteiger partial charge in [-0.25, -0.2) is 13.4 Å². The highest BCUT2D eigenvalue weighted by Crippen LogP contribution is 2.31. The van der Waals surface area contributed by atoms with Crippen LogP contribution in [0.2, 0.25) is 0 Å². The van der Waals surface area contributed by atoms with E-state index < -0.39 is 16.1 Å². The van der Waals surface area contributed by atoms with Crippen LogP contribution < -0.4 is 5.32 Å². The lowest BCUT2D eigenvalue weighted by atomic mass is 10.2. The summed E-state index contributed by atoms with van der Waals surface area (Å²) in [5.74, 6) is 0.587. The molecule has 3 rings (SSSR count). The number of hydrogen-bond acceptors (Lipinski definition) is 4. The first-order valence-corrected chi connectivity index (χ1v) is 11.0. The maximum absolute atomic E-state index is 13.2. The molecule has 0 spiro atoms. The van der Waals surface area contributed by atoms with E-state index in [9.17, 15) is 13.2 Å². The molecular weight excluding hydrogens is 376 g/mol. The van der Waals surface area contributed by atoms with Crippen molar-refractivity contribution < 1.29 is 13.2 Å². The summed E-state index contributed by atoms with van der Waals surface area (Å²) < 4.78 is 29.9. The molecule has 1 N–H and O–H groups in total.